The van der Waals surface area contributed by atoms with E-state index in [2.05, 4.69) is 66.0 Å². The average Bonchev–Trinajstić information content (AvgIpc) is 2.63. The van der Waals surface area contributed by atoms with Crippen LogP contribution in [0.2, 0.25) is 5.02 Å². The zero-order valence-electron chi connectivity index (χ0n) is 13.7. The van der Waals surface area contributed by atoms with E-state index in [1.165, 1.54) is 11.1 Å². The molecule has 24 heavy (non-hydrogen) atoms. The number of benzene rings is 3. The van der Waals surface area contributed by atoms with E-state index in [0.717, 1.165) is 42.1 Å². The third kappa shape index (κ3) is 4.70. The minimum absolute atomic E-state index is 0.810. The van der Waals surface area contributed by atoms with E-state index in [1.54, 1.807) is 0 Å². The first kappa shape index (κ1) is 16.8. The van der Waals surface area contributed by atoms with Crippen LogP contribution < -0.4 is 5.32 Å². The van der Waals surface area contributed by atoms with Crippen molar-refractivity contribution in [1.82, 2.24) is 5.32 Å². The summed E-state index contributed by atoms with van der Waals surface area (Å²) in [5.41, 5.74) is 4.86. The zero-order chi connectivity index (χ0) is 16.6. The van der Waals surface area contributed by atoms with Crippen molar-refractivity contribution in [2.75, 3.05) is 6.54 Å². The van der Waals surface area contributed by atoms with Crippen LogP contribution in [-0.2, 0) is 13.0 Å². The Hall–Kier alpha value is -2.09. The predicted molar refractivity (Wildman–Crippen MR) is 103 cm³/mol. The molecule has 3 rings (SSSR count). The summed E-state index contributed by atoms with van der Waals surface area (Å²) in [6.45, 7) is 1.86. The molecule has 0 amide bonds. The molecule has 3 aromatic carbocycles. The summed E-state index contributed by atoms with van der Waals surface area (Å²) in [5.74, 6) is 0. The summed E-state index contributed by atoms with van der Waals surface area (Å²) in [5, 5.41) is 4.31. The molecule has 0 aliphatic rings. The molecule has 0 aliphatic heterocycles. The van der Waals surface area contributed by atoms with Crippen molar-refractivity contribution < 1.29 is 0 Å². The van der Waals surface area contributed by atoms with Crippen molar-refractivity contribution in [3.8, 4) is 11.1 Å². The smallest absolute Gasteiger partial charge is 0.0487 e. The highest BCUT2D eigenvalue weighted by atomic mass is 35.5. The van der Waals surface area contributed by atoms with Gasteiger partial charge in [-0.2, -0.15) is 0 Å². The predicted octanol–water partition coefficient (Wildman–Crippen LogP) is 5.73. The lowest BCUT2D eigenvalue weighted by Gasteiger charge is -2.09. The summed E-state index contributed by atoms with van der Waals surface area (Å²) >= 11 is 6.46. The van der Waals surface area contributed by atoms with Gasteiger partial charge in [-0.3, -0.25) is 0 Å². The largest absolute Gasteiger partial charge is 0.313 e. The van der Waals surface area contributed by atoms with Gasteiger partial charge in [-0.1, -0.05) is 84.4 Å². The van der Waals surface area contributed by atoms with E-state index in [4.69, 9.17) is 11.6 Å². The second kappa shape index (κ2) is 8.68. The SMILES string of the molecule is Clc1cc(CNCCCc2ccccc2)ccc1-c1ccccc1. The zero-order valence-corrected chi connectivity index (χ0v) is 14.5. The molecule has 2 heteroatoms. The van der Waals surface area contributed by atoms with Gasteiger partial charge < -0.3 is 5.32 Å². The van der Waals surface area contributed by atoms with Gasteiger partial charge in [-0.25, -0.2) is 0 Å². The van der Waals surface area contributed by atoms with Gasteiger partial charge in [-0.05, 0) is 42.1 Å². The van der Waals surface area contributed by atoms with E-state index in [1.807, 2.05) is 18.2 Å². The highest BCUT2D eigenvalue weighted by Crippen LogP contribution is 2.28. The highest BCUT2D eigenvalue weighted by Gasteiger charge is 2.04. The van der Waals surface area contributed by atoms with Crippen molar-refractivity contribution in [2.24, 2.45) is 0 Å². The van der Waals surface area contributed by atoms with Gasteiger partial charge in [-0.15, -0.1) is 0 Å². The number of halogens is 1. The first-order valence-corrected chi connectivity index (χ1v) is 8.79. The van der Waals surface area contributed by atoms with Gasteiger partial charge in [0.15, 0.2) is 0 Å². The maximum Gasteiger partial charge on any atom is 0.0487 e. The first-order chi connectivity index (χ1) is 11.8. The maximum absolute atomic E-state index is 6.46. The number of rotatable bonds is 7. The Bertz CT molecular complexity index is 753. The Morgan fingerprint density at radius 3 is 2.17 bits per heavy atom. The molecule has 1 N–H and O–H groups in total. The number of aryl methyl sites for hydroxylation is 1. The fraction of sp³-hybridized carbons (Fsp3) is 0.182. The molecule has 0 aromatic heterocycles. The molecule has 0 radical (unpaired) electrons. The van der Waals surface area contributed by atoms with E-state index >= 15 is 0 Å². The van der Waals surface area contributed by atoms with Crippen LogP contribution in [-0.4, -0.2) is 6.54 Å². The summed E-state index contributed by atoms with van der Waals surface area (Å²) in [4.78, 5) is 0. The van der Waals surface area contributed by atoms with Crippen LogP contribution in [0.3, 0.4) is 0 Å². The van der Waals surface area contributed by atoms with E-state index in [9.17, 15) is 0 Å². The molecule has 3 aromatic rings. The highest BCUT2D eigenvalue weighted by molar-refractivity contribution is 6.33. The maximum atomic E-state index is 6.46. The normalized spacial score (nSPS) is 10.7. The molecular weight excluding hydrogens is 314 g/mol. The van der Waals surface area contributed by atoms with E-state index < -0.39 is 0 Å². The Kier molecular flexibility index (Phi) is 6.06. The molecule has 0 fully saturated rings. The summed E-state index contributed by atoms with van der Waals surface area (Å²) in [6.07, 6.45) is 2.25. The Labute approximate surface area is 149 Å². The lowest BCUT2D eigenvalue weighted by atomic mass is 10.0. The van der Waals surface area contributed by atoms with Crippen molar-refractivity contribution >= 4 is 11.6 Å². The van der Waals surface area contributed by atoms with Gasteiger partial charge in [0.1, 0.15) is 0 Å². The van der Waals surface area contributed by atoms with Gasteiger partial charge in [0.2, 0.25) is 0 Å². The summed E-state index contributed by atoms with van der Waals surface area (Å²) in [7, 11) is 0. The molecule has 0 aliphatic carbocycles. The lowest BCUT2D eigenvalue weighted by Crippen LogP contribution is -2.15. The second-order valence-electron chi connectivity index (χ2n) is 5.95. The van der Waals surface area contributed by atoms with Crippen molar-refractivity contribution in [2.45, 2.75) is 19.4 Å². The molecule has 122 valence electrons. The van der Waals surface area contributed by atoms with Crippen LogP contribution in [0.5, 0.6) is 0 Å². The average molecular weight is 336 g/mol. The standard InChI is InChI=1S/C22H22ClN/c23-22-16-19(13-14-21(22)20-11-5-2-6-12-20)17-24-15-7-10-18-8-3-1-4-9-18/h1-6,8-9,11-14,16,24H,7,10,15,17H2. The first-order valence-electron chi connectivity index (χ1n) is 8.41. The number of hydrogen-bond donors (Lipinski definition) is 1. The lowest BCUT2D eigenvalue weighted by molar-refractivity contribution is 0.649. The quantitative estimate of drug-likeness (QED) is 0.544. The van der Waals surface area contributed by atoms with Crippen LogP contribution in [0.15, 0.2) is 78.9 Å². The Morgan fingerprint density at radius 1 is 0.750 bits per heavy atom. The molecule has 0 unspecified atom stereocenters. The minimum Gasteiger partial charge on any atom is -0.313 e. The molecule has 0 bridgehead atoms. The molecule has 0 spiro atoms. The molecule has 1 nitrogen and oxygen atoms in total. The van der Waals surface area contributed by atoms with Crippen LogP contribution >= 0.6 is 11.6 Å². The van der Waals surface area contributed by atoms with Crippen LogP contribution in [0.4, 0.5) is 0 Å². The minimum atomic E-state index is 0.810. The summed E-state index contributed by atoms with van der Waals surface area (Å²) in [6, 6.07) is 27.2. The van der Waals surface area contributed by atoms with E-state index in [-0.39, 0.29) is 0 Å². The van der Waals surface area contributed by atoms with Crippen LogP contribution in [0, 0.1) is 0 Å². The Balaban J connectivity index is 1.49. The van der Waals surface area contributed by atoms with Gasteiger partial charge in [0.05, 0.1) is 0 Å². The summed E-state index contributed by atoms with van der Waals surface area (Å²) < 4.78 is 0. The third-order valence-corrected chi connectivity index (χ3v) is 4.42. The molecule has 0 saturated heterocycles. The Morgan fingerprint density at radius 2 is 1.46 bits per heavy atom. The van der Waals surface area contributed by atoms with Crippen molar-refractivity contribution in [1.29, 1.82) is 0 Å². The van der Waals surface area contributed by atoms with E-state index in [0.29, 0.717) is 0 Å². The van der Waals surface area contributed by atoms with Crippen molar-refractivity contribution in [3.05, 3.63) is 95.0 Å². The number of nitrogens with one attached hydrogen (secondary N) is 1. The van der Waals surface area contributed by atoms with Crippen LogP contribution in [0.1, 0.15) is 17.5 Å². The topological polar surface area (TPSA) is 12.0 Å². The number of hydrogen-bond acceptors (Lipinski definition) is 1. The van der Waals surface area contributed by atoms with Gasteiger partial charge in [0.25, 0.3) is 0 Å². The van der Waals surface area contributed by atoms with Crippen LogP contribution in [0.25, 0.3) is 11.1 Å². The fourth-order valence-corrected chi connectivity index (χ4v) is 3.13. The van der Waals surface area contributed by atoms with Gasteiger partial charge >= 0.3 is 0 Å². The van der Waals surface area contributed by atoms with Crippen molar-refractivity contribution in [3.63, 3.8) is 0 Å². The van der Waals surface area contributed by atoms with Gasteiger partial charge in [0, 0.05) is 17.1 Å². The molecule has 0 atom stereocenters. The molecule has 0 heterocycles. The second-order valence-corrected chi connectivity index (χ2v) is 6.35. The third-order valence-electron chi connectivity index (χ3n) is 4.11. The molecular formula is C22H22ClN. The fourth-order valence-electron chi connectivity index (χ4n) is 2.82. The monoisotopic (exact) mass is 335 g/mol. The molecule has 0 saturated carbocycles.